The van der Waals surface area contributed by atoms with Gasteiger partial charge in [0.2, 0.25) is 0 Å². The second-order valence-electron chi connectivity index (χ2n) is 7.25. The Morgan fingerprint density at radius 3 is 2.77 bits per heavy atom. The predicted octanol–water partition coefficient (Wildman–Crippen LogP) is 4.73. The second-order valence-corrected chi connectivity index (χ2v) is 7.65. The summed E-state index contributed by atoms with van der Waals surface area (Å²) < 4.78 is 12.6. The molecule has 158 valence electrons. The molecule has 0 aliphatic heterocycles. The molecule has 31 heavy (non-hydrogen) atoms. The number of nitrogens with one attached hydrogen (secondary N) is 1. The van der Waals surface area contributed by atoms with E-state index in [-0.39, 0.29) is 17.3 Å². The van der Waals surface area contributed by atoms with E-state index in [1.165, 1.54) is 6.07 Å². The zero-order chi connectivity index (χ0) is 22.0. The molecule has 1 amide bonds. The van der Waals surface area contributed by atoms with Crippen molar-refractivity contribution < 1.29 is 13.9 Å². The van der Waals surface area contributed by atoms with Crippen LogP contribution in [0.1, 0.15) is 29.8 Å². The summed E-state index contributed by atoms with van der Waals surface area (Å²) in [6, 6.07) is 15.4. The smallest absolute Gasteiger partial charge is 0.337 e. The Labute approximate surface area is 183 Å². The highest BCUT2D eigenvalue weighted by molar-refractivity contribution is 6.31. The first-order valence-electron chi connectivity index (χ1n) is 9.72. The second kappa shape index (κ2) is 8.65. The van der Waals surface area contributed by atoms with Crippen LogP contribution in [0.15, 0.2) is 70.0 Å². The number of hydrogen-bond acceptors (Lipinski definition) is 5. The number of carbonyl (C=O) groups is 1. The van der Waals surface area contributed by atoms with Crippen molar-refractivity contribution in [2.45, 2.75) is 26.5 Å². The summed E-state index contributed by atoms with van der Waals surface area (Å²) in [6.45, 7) is 4.26. The van der Waals surface area contributed by atoms with Crippen LogP contribution in [0.2, 0.25) is 5.02 Å². The zero-order valence-electron chi connectivity index (χ0n) is 17.0. The van der Waals surface area contributed by atoms with Crippen molar-refractivity contribution in [3.8, 4) is 5.75 Å². The van der Waals surface area contributed by atoms with Crippen LogP contribution >= 0.6 is 11.6 Å². The van der Waals surface area contributed by atoms with Crippen LogP contribution in [0.25, 0.3) is 11.0 Å². The molecular weight excluding hydrogens is 418 g/mol. The molecule has 2 aromatic carbocycles. The Hall–Kier alpha value is -3.58. The third-order valence-electron chi connectivity index (χ3n) is 4.50. The van der Waals surface area contributed by atoms with Crippen molar-refractivity contribution in [3.63, 3.8) is 0 Å². The topological polar surface area (TPSA) is 86.4 Å². The first-order chi connectivity index (χ1) is 14.9. The highest BCUT2D eigenvalue weighted by Gasteiger charge is 2.16. The lowest BCUT2D eigenvalue weighted by Crippen LogP contribution is -2.16. The first kappa shape index (κ1) is 20.7. The number of ether oxygens (including phenoxy) is 1. The fourth-order valence-electron chi connectivity index (χ4n) is 3.18. The van der Waals surface area contributed by atoms with Crippen LogP contribution in [0.4, 0.5) is 5.82 Å². The summed E-state index contributed by atoms with van der Waals surface area (Å²) in [7, 11) is 0. The molecule has 4 aromatic rings. The Balaban J connectivity index is 1.57. The van der Waals surface area contributed by atoms with E-state index >= 15 is 0 Å². The minimum Gasteiger partial charge on any atom is -0.491 e. The van der Waals surface area contributed by atoms with Gasteiger partial charge in [0.05, 0.1) is 18.2 Å². The third-order valence-corrected chi connectivity index (χ3v) is 4.87. The fraction of sp³-hybridized carbons (Fsp3) is 0.174. The molecule has 2 aromatic heterocycles. The zero-order valence-corrected chi connectivity index (χ0v) is 17.7. The average molecular weight is 438 g/mol. The minimum absolute atomic E-state index is 0.0310. The lowest BCUT2D eigenvalue weighted by Gasteiger charge is -2.11. The molecule has 7 nitrogen and oxygen atoms in total. The molecule has 0 aliphatic carbocycles. The number of rotatable bonds is 6. The fourth-order valence-corrected chi connectivity index (χ4v) is 3.37. The molecule has 2 heterocycles. The summed E-state index contributed by atoms with van der Waals surface area (Å²) in [5, 5.41) is 8.24. The Bertz CT molecular complexity index is 1310. The molecular formula is C23H20ClN3O4. The summed E-state index contributed by atoms with van der Waals surface area (Å²) in [6.07, 6.45) is 1.71. The Morgan fingerprint density at radius 2 is 2.00 bits per heavy atom. The molecule has 0 bridgehead atoms. The van der Waals surface area contributed by atoms with E-state index in [1.54, 1.807) is 35.1 Å². The number of aromatic nitrogens is 2. The van der Waals surface area contributed by atoms with Gasteiger partial charge in [-0.3, -0.25) is 9.48 Å². The van der Waals surface area contributed by atoms with Gasteiger partial charge < -0.3 is 14.5 Å². The summed E-state index contributed by atoms with van der Waals surface area (Å²) in [5.41, 5.74) is 0.767. The van der Waals surface area contributed by atoms with Crippen molar-refractivity contribution >= 4 is 34.3 Å². The van der Waals surface area contributed by atoms with Crippen LogP contribution < -0.4 is 15.7 Å². The number of anilines is 1. The van der Waals surface area contributed by atoms with Gasteiger partial charge in [-0.2, -0.15) is 5.10 Å². The van der Waals surface area contributed by atoms with Gasteiger partial charge >= 0.3 is 5.63 Å². The standard InChI is InChI=1S/C23H20ClN3O4/c1-14(2)30-16-7-8-17-18(12-22(28)31-20(17)11-16)23(29)25-21-9-10-27(26-21)13-15-5-3-4-6-19(15)24/h3-12,14H,13H2,1-2H3,(H,25,26,29). The average Bonchev–Trinajstić information content (AvgIpc) is 3.15. The van der Waals surface area contributed by atoms with Crippen molar-refractivity contribution in [1.82, 2.24) is 9.78 Å². The Morgan fingerprint density at radius 1 is 1.19 bits per heavy atom. The Kier molecular flexibility index (Phi) is 5.77. The number of halogens is 1. The van der Waals surface area contributed by atoms with E-state index < -0.39 is 11.5 Å². The molecule has 0 saturated carbocycles. The molecule has 0 saturated heterocycles. The van der Waals surface area contributed by atoms with Crippen LogP contribution in [0.5, 0.6) is 5.75 Å². The predicted molar refractivity (Wildman–Crippen MR) is 119 cm³/mol. The van der Waals surface area contributed by atoms with Crippen LogP contribution in [-0.4, -0.2) is 21.8 Å². The van der Waals surface area contributed by atoms with E-state index in [2.05, 4.69) is 10.4 Å². The molecule has 0 radical (unpaired) electrons. The van der Waals surface area contributed by atoms with Gasteiger partial charge in [-0.05, 0) is 37.6 Å². The van der Waals surface area contributed by atoms with Crippen molar-refractivity contribution in [2.75, 3.05) is 5.32 Å². The maximum Gasteiger partial charge on any atom is 0.337 e. The van der Waals surface area contributed by atoms with E-state index in [9.17, 15) is 9.59 Å². The molecule has 0 unspecified atom stereocenters. The van der Waals surface area contributed by atoms with E-state index in [0.29, 0.717) is 28.5 Å². The summed E-state index contributed by atoms with van der Waals surface area (Å²) in [5.74, 6) is 0.457. The van der Waals surface area contributed by atoms with Gasteiger partial charge in [-0.25, -0.2) is 4.79 Å². The van der Waals surface area contributed by atoms with Gasteiger partial charge in [0.1, 0.15) is 11.3 Å². The maximum atomic E-state index is 12.9. The number of benzene rings is 2. The summed E-state index contributed by atoms with van der Waals surface area (Å²) in [4.78, 5) is 24.9. The number of carbonyl (C=O) groups excluding carboxylic acids is 1. The largest absolute Gasteiger partial charge is 0.491 e. The van der Waals surface area contributed by atoms with E-state index in [0.717, 1.165) is 5.56 Å². The molecule has 8 heteroatoms. The highest BCUT2D eigenvalue weighted by atomic mass is 35.5. The van der Waals surface area contributed by atoms with Crippen molar-refractivity contribution in [2.24, 2.45) is 0 Å². The number of hydrogen-bond donors (Lipinski definition) is 1. The first-order valence-corrected chi connectivity index (χ1v) is 10.1. The number of amides is 1. The maximum absolute atomic E-state index is 12.9. The van der Waals surface area contributed by atoms with Gasteiger partial charge in [0.25, 0.3) is 5.91 Å². The summed E-state index contributed by atoms with van der Waals surface area (Å²) >= 11 is 6.20. The van der Waals surface area contributed by atoms with Crippen LogP contribution in [0, 0.1) is 0 Å². The van der Waals surface area contributed by atoms with Gasteiger partial charge in [-0.15, -0.1) is 0 Å². The van der Waals surface area contributed by atoms with Gasteiger partial charge in [0, 0.05) is 34.8 Å². The molecule has 1 N–H and O–H groups in total. The van der Waals surface area contributed by atoms with E-state index in [4.69, 9.17) is 20.8 Å². The van der Waals surface area contributed by atoms with Crippen LogP contribution in [-0.2, 0) is 6.54 Å². The van der Waals surface area contributed by atoms with Crippen molar-refractivity contribution in [3.05, 3.63) is 87.4 Å². The van der Waals surface area contributed by atoms with Gasteiger partial charge in [-0.1, -0.05) is 29.8 Å². The van der Waals surface area contributed by atoms with Crippen molar-refractivity contribution in [1.29, 1.82) is 0 Å². The molecule has 0 spiro atoms. The SMILES string of the molecule is CC(C)Oc1ccc2c(C(=O)Nc3ccn(Cc4ccccc4Cl)n3)cc(=O)oc2c1. The molecule has 0 atom stereocenters. The lowest BCUT2D eigenvalue weighted by molar-refractivity contribution is 0.102. The van der Waals surface area contributed by atoms with E-state index in [1.807, 2.05) is 38.1 Å². The van der Waals surface area contributed by atoms with Crippen LogP contribution in [0.3, 0.4) is 0 Å². The highest BCUT2D eigenvalue weighted by Crippen LogP contribution is 2.24. The normalized spacial score (nSPS) is 11.1. The number of fused-ring (bicyclic) bond motifs is 1. The molecule has 0 fully saturated rings. The lowest BCUT2D eigenvalue weighted by atomic mass is 10.1. The monoisotopic (exact) mass is 437 g/mol. The molecule has 4 rings (SSSR count). The quantitative estimate of drug-likeness (QED) is 0.440. The molecule has 0 aliphatic rings. The van der Waals surface area contributed by atoms with Gasteiger partial charge in [0.15, 0.2) is 5.82 Å². The third kappa shape index (κ3) is 4.78. The minimum atomic E-state index is -0.622. The number of nitrogens with zero attached hydrogens (tertiary/aromatic N) is 2.